The maximum atomic E-state index is 13.0. The number of amides is 2. The molecule has 0 fully saturated rings. The van der Waals surface area contributed by atoms with E-state index in [0.717, 1.165) is 22.0 Å². The number of benzene rings is 2. The molecule has 0 aromatic heterocycles. The normalized spacial score (nSPS) is 12.9. The molecule has 2 atom stereocenters. The Morgan fingerprint density at radius 1 is 1.04 bits per heavy atom. The number of hydrogen-bond acceptors (Lipinski definition) is 2. The third-order valence-corrected chi connectivity index (χ3v) is 5.37. The summed E-state index contributed by atoms with van der Waals surface area (Å²) in [5.41, 5.74) is 2.11. The second-order valence-electron chi connectivity index (χ2n) is 7.13. The van der Waals surface area contributed by atoms with Gasteiger partial charge in [-0.2, -0.15) is 0 Å². The molecule has 0 aliphatic rings. The zero-order chi connectivity index (χ0) is 20.5. The number of hydrogen-bond donors (Lipinski definition) is 1. The first-order chi connectivity index (χ1) is 13.4. The summed E-state index contributed by atoms with van der Waals surface area (Å²) in [6.45, 7) is 6.21. The third-order valence-electron chi connectivity index (χ3n) is 4.88. The Morgan fingerprint density at radius 2 is 1.71 bits per heavy atom. The van der Waals surface area contributed by atoms with Crippen LogP contribution in [0.5, 0.6) is 0 Å². The van der Waals surface area contributed by atoms with Crippen LogP contribution in [0.15, 0.2) is 59.1 Å². The number of halogens is 1. The Labute approximate surface area is 176 Å². The molecule has 0 saturated heterocycles. The average molecular weight is 445 g/mol. The Hall–Kier alpha value is -2.14. The van der Waals surface area contributed by atoms with Crippen molar-refractivity contribution in [1.82, 2.24) is 10.2 Å². The van der Waals surface area contributed by atoms with Gasteiger partial charge >= 0.3 is 0 Å². The lowest BCUT2D eigenvalue weighted by Crippen LogP contribution is -2.49. The van der Waals surface area contributed by atoms with Crippen molar-refractivity contribution in [1.29, 1.82) is 0 Å². The summed E-state index contributed by atoms with van der Waals surface area (Å²) < 4.78 is 0.957. The zero-order valence-electron chi connectivity index (χ0n) is 16.8. The van der Waals surface area contributed by atoms with Gasteiger partial charge in [0.1, 0.15) is 6.04 Å². The lowest BCUT2D eigenvalue weighted by molar-refractivity contribution is -0.140. The van der Waals surface area contributed by atoms with Gasteiger partial charge in [0.05, 0.1) is 0 Å². The van der Waals surface area contributed by atoms with Crippen molar-refractivity contribution in [2.75, 3.05) is 0 Å². The summed E-state index contributed by atoms with van der Waals surface area (Å²) >= 11 is 3.48. The molecule has 4 nitrogen and oxygen atoms in total. The van der Waals surface area contributed by atoms with Gasteiger partial charge in [-0.05, 0) is 49.9 Å². The van der Waals surface area contributed by atoms with Gasteiger partial charge in [0.25, 0.3) is 0 Å². The van der Waals surface area contributed by atoms with Crippen LogP contribution in [-0.4, -0.2) is 28.8 Å². The van der Waals surface area contributed by atoms with Gasteiger partial charge < -0.3 is 10.2 Å². The van der Waals surface area contributed by atoms with Crippen molar-refractivity contribution < 1.29 is 9.59 Å². The van der Waals surface area contributed by atoms with Crippen LogP contribution in [0, 0.1) is 0 Å². The molecule has 2 amide bonds. The van der Waals surface area contributed by atoms with Gasteiger partial charge in [-0.15, -0.1) is 0 Å². The van der Waals surface area contributed by atoms with E-state index in [0.29, 0.717) is 19.4 Å². The van der Waals surface area contributed by atoms with E-state index in [4.69, 9.17) is 0 Å². The first-order valence-corrected chi connectivity index (χ1v) is 10.6. The fourth-order valence-corrected chi connectivity index (χ4v) is 3.37. The van der Waals surface area contributed by atoms with Crippen LogP contribution < -0.4 is 5.32 Å². The van der Waals surface area contributed by atoms with E-state index >= 15 is 0 Å². The van der Waals surface area contributed by atoms with Gasteiger partial charge in [-0.3, -0.25) is 9.59 Å². The van der Waals surface area contributed by atoms with Gasteiger partial charge in [0.2, 0.25) is 11.8 Å². The molecule has 0 radical (unpaired) electrons. The molecule has 2 aromatic carbocycles. The van der Waals surface area contributed by atoms with E-state index < -0.39 is 6.04 Å². The molecule has 0 unspecified atom stereocenters. The molecule has 0 heterocycles. The molecular weight excluding hydrogens is 416 g/mol. The quantitative estimate of drug-likeness (QED) is 0.608. The number of aryl methyl sites for hydroxylation is 1. The highest BCUT2D eigenvalue weighted by atomic mass is 79.9. The maximum absolute atomic E-state index is 13.0. The predicted molar refractivity (Wildman–Crippen MR) is 117 cm³/mol. The number of rotatable bonds is 9. The van der Waals surface area contributed by atoms with Crippen molar-refractivity contribution in [3.8, 4) is 0 Å². The molecule has 0 aliphatic carbocycles. The molecule has 2 rings (SSSR count). The second kappa shape index (κ2) is 11.0. The first kappa shape index (κ1) is 22.2. The van der Waals surface area contributed by atoms with E-state index in [1.165, 1.54) is 0 Å². The minimum absolute atomic E-state index is 0.0179. The van der Waals surface area contributed by atoms with E-state index in [2.05, 4.69) is 21.2 Å². The Balaban J connectivity index is 2.14. The number of nitrogens with zero attached hydrogens (tertiary/aromatic N) is 1. The average Bonchev–Trinajstić information content (AvgIpc) is 2.70. The van der Waals surface area contributed by atoms with Crippen LogP contribution in [0.4, 0.5) is 0 Å². The van der Waals surface area contributed by atoms with Crippen molar-refractivity contribution in [2.24, 2.45) is 0 Å². The summed E-state index contributed by atoms with van der Waals surface area (Å²) in [5, 5.41) is 2.99. The Morgan fingerprint density at radius 3 is 2.36 bits per heavy atom. The second-order valence-corrected chi connectivity index (χ2v) is 8.05. The fourth-order valence-electron chi connectivity index (χ4n) is 2.92. The molecule has 0 aliphatic heterocycles. The molecule has 2 aromatic rings. The minimum atomic E-state index is -0.531. The van der Waals surface area contributed by atoms with Crippen molar-refractivity contribution in [3.05, 3.63) is 70.2 Å². The topological polar surface area (TPSA) is 49.4 Å². The number of carbonyl (C=O) groups excluding carboxylic acids is 2. The van der Waals surface area contributed by atoms with E-state index in [1.54, 1.807) is 11.8 Å². The molecule has 0 bridgehead atoms. The third kappa shape index (κ3) is 6.79. The first-order valence-electron chi connectivity index (χ1n) is 9.79. The van der Waals surface area contributed by atoms with E-state index in [-0.39, 0.29) is 17.9 Å². The Kier molecular flexibility index (Phi) is 8.71. The largest absolute Gasteiger partial charge is 0.352 e. The maximum Gasteiger partial charge on any atom is 0.242 e. The Bertz CT molecular complexity index is 779. The lowest BCUT2D eigenvalue weighted by Gasteiger charge is -2.30. The smallest absolute Gasteiger partial charge is 0.242 e. The van der Waals surface area contributed by atoms with E-state index in [9.17, 15) is 9.59 Å². The SMILES string of the molecule is CC[C@@H](C)NC(=O)[C@@H](C)N(Cc1cccc(Br)c1)C(=O)CCc1ccccc1. The standard InChI is InChI=1S/C23H29BrN2O2/c1-4-17(2)25-23(28)18(3)26(16-20-11-8-12-21(24)15-20)22(27)14-13-19-9-6-5-7-10-19/h5-12,15,17-18H,4,13-14,16H2,1-3H3,(H,25,28)/t17-,18-/m1/s1. The predicted octanol–water partition coefficient (Wildman–Crippen LogP) is 4.71. The summed E-state index contributed by atoms with van der Waals surface area (Å²) in [6.07, 6.45) is 1.89. The van der Waals surface area contributed by atoms with Crippen LogP contribution in [0.25, 0.3) is 0 Å². The van der Waals surface area contributed by atoms with Crippen LogP contribution >= 0.6 is 15.9 Å². The fraction of sp³-hybridized carbons (Fsp3) is 0.391. The van der Waals surface area contributed by atoms with E-state index in [1.807, 2.05) is 68.4 Å². The van der Waals surface area contributed by atoms with Crippen LogP contribution in [0.3, 0.4) is 0 Å². The highest BCUT2D eigenvalue weighted by Crippen LogP contribution is 2.17. The summed E-state index contributed by atoms with van der Waals surface area (Å²) in [4.78, 5) is 27.4. The molecule has 0 saturated carbocycles. The van der Waals surface area contributed by atoms with Crippen molar-refractivity contribution in [3.63, 3.8) is 0 Å². The minimum Gasteiger partial charge on any atom is -0.352 e. The molecule has 28 heavy (non-hydrogen) atoms. The molecular formula is C23H29BrN2O2. The summed E-state index contributed by atoms with van der Waals surface area (Å²) in [6, 6.07) is 17.3. The highest BCUT2D eigenvalue weighted by molar-refractivity contribution is 9.10. The van der Waals surface area contributed by atoms with Crippen LogP contribution in [0.2, 0.25) is 0 Å². The number of carbonyl (C=O) groups is 2. The van der Waals surface area contributed by atoms with Gasteiger partial charge in [-0.1, -0.05) is 65.3 Å². The van der Waals surface area contributed by atoms with Gasteiger partial charge in [0.15, 0.2) is 0 Å². The highest BCUT2D eigenvalue weighted by Gasteiger charge is 2.26. The molecule has 150 valence electrons. The molecule has 1 N–H and O–H groups in total. The van der Waals surface area contributed by atoms with Gasteiger partial charge in [-0.25, -0.2) is 0 Å². The van der Waals surface area contributed by atoms with Gasteiger partial charge in [0, 0.05) is 23.5 Å². The van der Waals surface area contributed by atoms with Crippen molar-refractivity contribution in [2.45, 2.75) is 58.7 Å². The monoisotopic (exact) mass is 444 g/mol. The zero-order valence-corrected chi connectivity index (χ0v) is 18.4. The molecule has 0 spiro atoms. The summed E-state index contributed by atoms with van der Waals surface area (Å²) in [5.74, 6) is -0.131. The van der Waals surface area contributed by atoms with Crippen LogP contribution in [-0.2, 0) is 22.6 Å². The summed E-state index contributed by atoms with van der Waals surface area (Å²) in [7, 11) is 0. The van der Waals surface area contributed by atoms with Crippen molar-refractivity contribution >= 4 is 27.7 Å². The lowest BCUT2D eigenvalue weighted by atomic mass is 10.1. The van der Waals surface area contributed by atoms with Crippen LogP contribution in [0.1, 0.15) is 44.7 Å². The molecule has 5 heteroatoms. The number of nitrogens with one attached hydrogen (secondary N) is 1.